The van der Waals surface area contributed by atoms with E-state index in [1.54, 1.807) is 0 Å². The lowest BCUT2D eigenvalue weighted by Crippen LogP contribution is -2.52. The van der Waals surface area contributed by atoms with E-state index >= 15 is 0 Å². The molecule has 3 aliphatic carbocycles. The van der Waals surface area contributed by atoms with Crippen molar-refractivity contribution in [2.45, 2.75) is 101 Å². The third-order valence-electron chi connectivity index (χ3n) is 11.4. The van der Waals surface area contributed by atoms with Crippen molar-refractivity contribution in [2.24, 2.45) is 16.2 Å². The number of benzene rings is 2. The van der Waals surface area contributed by atoms with Gasteiger partial charge in [-0.25, -0.2) is 0 Å². The van der Waals surface area contributed by atoms with Gasteiger partial charge in [-0.15, -0.1) is 0 Å². The molecule has 210 valence electrons. The molecule has 0 N–H and O–H groups in total. The van der Waals surface area contributed by atoms with Crippen LogP contribution < -0.4 is 0 Å². The fraction of sp³-hybridized carbons (Fsp3) is 0.450. The Hall–Kier alpha value is -2.86. The summed E-state index contributed by atoms with van der Waals surface area (Å²) in [6.07, 6.45) is 4.29. The van der Waals surface area contributed by atoms with Crippen LogP contribution >= 0.6 is 0 Å². The number of aryl methyl sites for hydroxylation is 1. The van der Waals surface area contributed by atoms with Crippen LogP contribution in [0.4, 0.5) is 0 Å². The predicted molar refractivity (Wildman–Crippen MR) is 176 cm³/mol. The maximum absolute atomic E-state index is 4.91. The quantitative estimate of drug-likeness (QED) is 0.369. The Balaban J connectivity index is 1.77. The molecule has 0 aliphatic heterocycles. The molecule has 0 fully saturated rings. The second-order valence-corrected chi connectivity index (χ2v) is 14.4. The second kappa shape index (κ2) is 9.34. The van der Waals surface area contributed by atoms with Gasteiger partial charge in [-0.1, -0.05) is 108 Å². The zero-order valence-electron chi connectivity index (χ0n) is 26.9. The topological polar surface area (TPSA) is 0 Å². The zero-order chi connectivity index (χ0) is 29.5. The van der Waals surface area contributed by atoms with Gasteiger partial charge in [0.05, 0.1) is 0 Å². The van der Waals surface area contributed by atoms with Crippen LogP contribution in [0.25, 0.3) is 16.7 Å². The van der Waals surface area contributed by atoms with Gasteiger partial charge in [-0.3, -0.25) is 0 Å². The Bertz CT molecular complexity index is 1530. The molecule has 2 aromatic carbocycles. The van der Waals surface area contributed by atoms with Gasteiger partial charge in [0.25, 0.3) is 0 Å². The Morgan fingerprint density at radius 2 is 1.60 bits per heavy atom. The minimum absolute atomic E-state index is 0.0243. The average Bonchev–Trinajstić information content (AvgIpc) is 2.86. The monoisotopic (exact) mass is 530 g/mol. The molecule has 0 heterocycles. The Morgan fingerprint density at radius 1 is 0.975 bits per heavy atom. The van der Waals surface area contributed by atoms with Crippen LogP contribution in [0.5, 0.6) is 0 Å². The van der Waals surface area contributed by atoms with Crippen molar-refractivity contribution in [3.05, 3.63) is 111 Å². The van der Waals surface area contributed by atoms with Crippen LogP contribution in [0.2, 0.25) is 0 Å². The molecule has 3 atom stereocenters. The van der Waals surface area contributed by atoms with E-state index in [4.69, 9.17) is 13.2 Å². The Kier molecular flexibility index (Phi) is 6.69. The van der Waals surface area contributed by atoms with Crippen molar-refractivity contribution in [2.75, 3.05) is 0 Å². The third-order valence-corrected chi connectivity index (χ3v) is 11.4. The van der Waals surface area contributed by atoms with E-state index in [1.165, 1.54) is 72.4 Å². The fourth-order valence-electron chi connectivity index (χ4n) is 9.33. The summed E-state index contributed by atoms with van der Waals surface area (Å²) in [4.78, 5) is 0. The van der Waals surface area contributed by atoms with E-state index in [2.05, 4.69) is 106 Å². The molecule has 0 saturated heterocycles. The average molecular weight is 531 g/mol. The highest BCUT2D eigenvalue weighted by atomic mass is 14.6. The maximum Gasteiger partial charge on any atom is 0.0194 e. The molecule has 0 aromatic heterocycles. The smallest absolute Gasteiger partial charge is 0.0194 e. The summed E-state index contributed by atoms with van der Waals surface area (Å²) in [5.41, 5.74) is 19.2. The molecule has 0 nitrogen and oxygen atoms in total. The first-order chi connectivity index (χ1) is 18.6. The second-order valence-electron chi connectivity index (χ2n) is 14.4. The summed E-state index contributed by atoms with van der Waals surface area (Å²) in [6.45, 7) is 37.6. The van der Waals surface area contributed by atoms with E-state index in [9.17, 15) is 0 Å². The normalized spacial score (nSPS) is 28.1. The van der Waals surface area contributed by atoms with E-state index in [0.717, 1.165) is 31.3 Å². The predicted octanol–water partition coefficient (Wildman–Crippen LogP) is 11.5. The fourth-order valence-corrected chi connectivity index (χ4v) is 9.33. The van der Waals surface area contributed by atoms with Crippen LogP contribution in [0.15, 0.2) is 83.5 Å². The van der Waals surface area contributed by atoms with Gasteiger partial charge < -0.3 is 0 Å². The van der Waals surface area contributed by atoms with Gasteiger partial charge >= 0.3 is 0 Å². The Labute approximate surface area is 244 Å². The van der Waals surface area contributed by atoms with Gasteiger partial charge in [0.2, 0.25) is 0 Å². The molecule has 0 bridgehead atoms. The molecular weight excluding hydrogens is 480 g/mol. The lowest BCUT2D eigenvalue weighted by atomic mass is 9.41. The summed E-state index contributed by atoms with van der Waals surface area (Å²) in [5.74, 6) is 0.534. The summed E-state index contributed by atoms with van der Waals surface area (Å²) < 4.78 is 0. The highest BCUT2D eigenvalue weighted by molar-refractivity contribution is 5.90. The van der Waals surface area contributed by atoms with Crippen molar-refractivity contribution in [1.82, 2.24) is 0 Å². The molecule has 0 unspecified atom stereocenters. The SMILES string of the molecule is C=C(C)C1=C(C)C[C@@]2(C)C[C@@]3(C)Cc4c(-c5ccc(C(C)C)cc5)cc(CC)c(C)c4C(=C)C3=C(C)[C@@]2(C)C1=C. The molecule has 0 amide bonds. The molecule has 0 radical (unpaired) electrons. The lowest BCUT2D eigenvalue weighted by molar-refractivity contribution is 0.0544. The van der Waals surface area contributed by atoms with Crippen LogP contribution in [0.3, 0.4) is 0 Å². The first-order valence-corrected chi connectivity index (χ1v) is 15.3. The minimum atomic E-state index is -0.123. The molecule has 5 rings (SSSR count). The standard InChI is InChI=1S/C40H50/c1-14-30-19-33(32-17-15-31(16-18-32)23(2)3)34-21-38(11)22-39(12)20-25(6)35(24(4)5)28(9)40(39,13)29(10)37(38)27(8)36(34)26(30)7/h15-19,23H,4,8-9,14,20-22H2,1-3,5-7,10-13H3/t38-,39+,40-/m1/s1. The molecule has 3 aliphatic rings. The van der Waals surface area contributed by atoms with Gasteiger partial charge in [0.1, 0.15) is 0 Å². The number of hydrogen-bond donors (Lipinski definition) is 0. The lowest BCUT2D eigenvalue weighted by Gasteiger charge is -2.62. The van der Waals surface area contributed by atoms with Crippen molar-refractivity contribution in [1.29, 1.82) is 0 Å². The van der Waals surface area contributed by atoms with Crippen molar-refractivity contribution < 1.29 is 0 Å². The number of hydrogen-bond acceptors (Lipinski definition) is 0. The minimum Gasteiger partial charge on any atom is -0.0955 e. The van der Waals surface area contributed by atoms with E-state index in [-0.39, 0.29) is 16.2 Å². The maximum atomic E-state index is 4.91. The molecule has 0 heteroatoms. The largest absolute Gasteiger partial charge is 0.0955 e. The van der Waals surface area contributed by atoms with Crippen LogP contribution in [0, 0.1) is 23.2 Å². The van der Waals surface area contributed by atoms with Crippen molar-refractivity contribution in [3.8, 4) is 11.1 Å². The van der Waals surface area contributed by atoms with Crippen LogP contribution in [-0.2, 0) is 12.8 Å². The molecule has 0 spiro atoms. The van der Waals surface area contributed by atoms with Crippen molar-refractivity contribution >= 4 is 5.57 Å². The van der Waals surface area contributed by atoms with E-state index in [1.807, 2.05) is 0 Å². The molecule has 2 aromatic rings. The molecule has 0 saturated carbocycles. The third kappa shape index (κ3) is 3.78. The Morgan fingerprint density at radius 3 is 2.15 bits per heavy atom. The molecule has 40 heavy (non-hydrogen) atoms. The van der Waals surface area contributed by atoms with Crippen LogP contribution in [0.1, 0.15) is 109 Å². The summed E-state index contributed by atoms with van der Waals surface area (Å²) in [5, 5.41) is 0. The summed E-state index contributed by atoms with van der Waals surface area (Å²) in [7, 11) is 0. The number of allylic oxidation sites excluding steroid dienone is 7. The number of rotatable bonds is 4. The van der Waals surface area contributed by atoms with E-state index in [0.29, 0.717) is 5.92 Å². The zero-order valence-corrected chi connectivity index (χ0v) is 26.9. The first-order valence-electron chi connectivity index (χ1n) is 15.3. The summed E-state index contributed by atoms with van der Waals surface area (Å²) >= 11 is 0. The number of fused-ring (bicyclic) bond motifs is 3. The van der Waals surface area contributed by atoms with Gasteiger partial charge in [-0.05, 0) is 131 Å². The van der Waals surface area contributed by atoms with E-state index < -0.39 is 0 Å². The van der Waals surface area contributed by atoms with Gasteiger partial charge in [0, 0.05) is 5.41 Å². The summed E-state index contributed by atoms with van der Waals surface area (Å²) in [6, 6.07) is 11.8. The van der Waals surface area contributed by atoms with Gasteiger partial charge in [0.15, 0.2) is 0 Å². The first kappa shape index (κ1) is 28.7. The van der Waals surface area contributed by atoms with Gasteiger partial charge in [-0.2, -0.15) is 0 Å². The van der Waals surface area contributed by atoms with Crippen molar-refractivity contribution in [3.63, 3.8) is 0 Å². The highest BCUT2D eigenvalue weighted by Crippen LogP contribution is 2.70. The molecular formula is C40H50. The highest BCUT2D eigenvalue weighted by Gasteiger charge is 2.59. The van der Waals surface area contributed by atoms with Crippen LogP contribution in [-0.4, -0.2) is 0 Å².